The number of guanidine groups is 1. The third-order valence-corrected chi connectivity index (χ3v) is 6.06. The van der Waals surface area contributed by atoms with E-state index in [4.69, 9.17) is 9.47 Å². The zero-order chi connectivity index (χ0) is 20.6. The van der Waals surface area contributed by atoms with Crippen molar-refractivity contribution < 1.29 is 9.47 Å². The molecule has 0 aliphatic carbocycles. The fourth-order valence-corrected chi connectivity index (χ4v) is 4.33. The van der Waals surface area contributed by atoms with Gasteiger partial charge in [-0.05, 0) is 50.7 Å². The van der Waals surface area contributed by atoms with Crippen LogP contribution in [0.5, 0.6) is 0 Å². The topological polar surface area (TPSA) is 74.8 Å². The van der Waals surface area contributed by atoms with Crippen LogP contribution in [0.3, 0.4) is 0 Å². The van der Waals surface area contributed by atoms with Gasteiger partial charge < -0.3 is 24.7 Å². The van der Waals surface area contributed by atoms with Crippen LogP contribution in [0.15, 0.2) is 29.3 Å². The molecule has 0 bridgehead atoms. The number of hydrogen-bond donors (Lipinski definition) is 2. The number of nitrogens with one attached hydrogen (secondary N) is 2. The second-order valence-corrected chi connectivity index (χ2v) is 8.29. The minimum absolute atomic E-state index is 0. The van der Waals surface area contributed by atoms with Crippen LogP contribution in [-0.2, 0) is 15.9 Å². The number of halogens is 1. The zero-order valence-electron chi connectivity index (χ0n) is 18.5. The molecule has 1 atom stereocenters. The van der Waals surface area contributed by atoms with Crippen LogP contribution in [0.25, 0.3) is 11.0 Å². The molecule has 31 heavy (non-hydrogen) atoms. The summed E-state index contributed by atoms with van der Waals surface area (Å²) >= 11 is 0. The maximum absolute atomic E-state index is 6.13. The third-order valence-electron chi connectivity index (χ3n) is 6.06. The fraction of sp³-hybridized carbons (Fsp3) is 0.652. The third kappa shape index (κ3) is 7.05. The lowest BCUT2D eigenvalue weighted by Crippen LogP contribution is -2.47. The maximum Gasteiger partial charge on any atom is 0.193 e. The minimum Gasteiger partial charge on any atom is -0.376 e. The number of piperidine rings is 1. The molecule has 0 radical (unpaired) electrons. The highest BCUT2D eigenvalue weighted by molar-refractivity contribution is 14.0. The molecule has 2 fully saturated rings. The van der Waals surface area contributed by atoms with Gasteiger partial charge >= 0.3 is 0 Å². The Hall–Kier alpha value is -1.39. The van der Waals surface area contributed by atoms with E-state index in [0.717, 1.165) is 87.8 Å². The molecule has 1 aromatic heterocycles. The predicted molar refractivity (Wildman–Crippen MR) is 135 cm³/mol. The standard InChI is InChI=1S/C23H35N5O2.HI/c1-24-23(25-13-6-10-22-26-20-8-2-3-9-21(20)27-22)28-14-11-18(12-15-28)30-17-19-7-4-5-16-29-19;/h2-3,8-9,18-19H,4-7,10-17H2,1H3,(H,24,25)(H,26,27);1H. The number of benzene rings is 1. The number of aromatic amines is 1. The molecule has 0 amide bonds. The van der Waals surface area contributed by atoms with Crippen molar-refractivity contribution in [3.8, 4) is 0 Å². The first kappa shape index (κ1) is 24.3. The van der Waals surface area contributed by atoms with Crippen molar-refractivity contribution in [2.75, 3.05) is 39.9 Å². The largest absolute Gasteiger partial charge is 0.376 e. The van der Waals surface area contributed by atoms with Crippen molar-refractivity contribution in [2.45, 2.75) is 57.2 Å². The van der Waals surface area contributed by atoms with Crippen molar-refractivity contribution in [2.24, 2.45) is 4.99 Å². The molecule has 2 aliphatic rings. The summed E-state index contributed by atoms with van der Waals surface area (Å²) in [6.45, 7) is 4.50. The second-order valence-electron chi connectivity index (χ2n) is 8.29. The van der Waals surface area contributed by atoms with Crippen LogP contribution in [0, 0.1) is 0 Å². The smallest absolute Gasteiger partial charge is 0.193 e. The molecule has 0 saturated carbocycles. The number of fused-ring (bicyclic) bond motifs is 1. The van der Waals surface area contributed by atoms with E-state index >= 15 is 0 Å². The van der Waals surface area contributed by atoms with Gasteiger partial charge in [-0.1, -0.05) is 12.1 Å². The number of aryl methyl sites for hydroxylation is 1. The summed E-state index contributed by atoms with van der Waals surface area (Å²) in [6, 6.07) is 8.18. The lowest BCUT2D eigenvalue weighted by Gasteiger charge is -2.35. The van der Waals surface area contributed by atoms with Crippen LogP contribution < -0.4 is 5.32 Å². The Balaban J connectivity index is 0.00000272. The Morgan fingerprint density at radius 1 is 1.26 bits per heavy atom. The quantitative estimate of drug-likeness (QED) is 0.242. The Labute approximate surface area is 202 Å². The van der Waals surface area contributed by atoms with Crippen molar-refractivity contribution in [1.29, 1.82) is 0 Å². The SMILES string of the molecule is CN=C(NCCCc1nc2ccccc2[nH]1)N1CCC(OCC2CCCCO2)CC1.I. The maximum atomic E-state index is 6.13. The van der Waals surface area contributed by atoms with Gasteiger partial charge in [-0.15, -0.1) is 24.0 Å². The van der Waals surface area contributed by atoms with Crippen LogP contribution in [0.2, 0.25) is 0 Å². The summed E-state index contributed by atoms with van der Waals surface area (Å²) in [5.41, 5.74) is 2.15. The summed E-state index contributed by atoms with van der Waals surface area (Å²) in [6.07, 6.45) is 8.29. The van der Waals surface area contributed by atoms with Gasteiger partial charge in [-0.2, -0.15) is 0 Å². The highest BCUT2D eigenvalue weighted by Gasteiger charge is 2.23. The van der Waals surface area contributed by atoms with E-state index in [1.165, 1.54) is 12.8 Å². The van der Waals surface area contributed by atoms with Crippen LogP contribution in [0.4, 0.5) is 0 Å². The molecule has 1 aromatic carbocycles. The molecule has 3 heterocycles. The number of rotatable bonds is 7. The summed E-state index contributed by atoms with van der Waals surface area (Å²) in [7, 11) is 1.87. The van der Waals surface area contributed by atoms with Gasteiger partial charge in [0.15, 0.2) is 5.96 Å². The molecule has 8 heteroatoms. The highest BCUT2D eigenvalue weighted by atomic mass is 127. The number of hydrogen-bond acceptors (Lipinski definition) is 4. The first-order chi connectivity index (χ1) is 14.8. The fourth-order valence-electron chi connectivity index (χ4n) is 4.33. The average molecular weight is 541 g/mol. The van der Waals surface area contributed by atoms with Gasteiger partial charge in [0.1, 0.15) is 5.82 Å². The van der Waals surface area contributed by atoms with E-state index in [-0.39, 0.29) is 24.0 Å². The van der Waals surface area contributed by atoms with Crippen molar-refractivity contribution >= 4 is 41.0 Å². The molecule has 7 nitrogen and oxygen atoms in total. The Morgan fingerprint density at radius 2 is 2.10 bits per heavy atom. The van der Waals surface area contributed by atoms with Gasteiger partial charge in [0.2, 0.25) is 0 Å². The lowest BCUT2D eigenvalue weighted by atomic mass is 10.1. The molecule has 2 aromatic rings. The number of likely N-dealkylation sites (tertiary alicyclic amines) is 1. The van der Waals surface area contributed by atoms with Crippen molar-refractivity contribution in [1.82, 2.24) is 20.2 Å². The number of H-pyrrole nitrogens is 1. The van der Waals surface area contributed by atoms with E-state index in [1.54, 1.807) is 0 Å². The second kappa shape index (κ2) is 12.6. The number of aromatic nitrogens is 2. The van der Waals surface area contributed by atoms with Gasteiger partial charge in [0.25, 0.3) is 0 Å². The molecular formula is C23H36IN5O2. The summed E-state index contributed by atoms with van der Waals surface area (Å²) < 4.78 is 11.9. The number of aliphatic imine (C=N–C) groups is 1. The number of imidazole rings is 1. The van der Waals surface area contributed by atoms with Gasteiger partial charge in [-0.3, -0.25) is 4.99 Å². The van der Waals surface area contributed by atoms with Gasteiger partial charge in [0.05, 0.1) is 29.8 Å². The summed E-state index contributed by atoms with van der Waals surface area (Å²) in [5.74, 6) is 2.04. The van der Waals surface area contributed by atoms with E-state index in [0.29, 0.717) is 12.2 Å². The molecule has 2 aliphatic heterocycles. The van der Waals surface area contributed by atoms with Crippen molar-refractivity contribution in [3.05, 3.63) is 30.1 Å². The van der Waals surface area contributed by atoms with Crippen molar-refractivity contribution in [3.63, 3.8) is 0 Å². The molecular weight excluding hydrogens is 505 g/mol. The average Bonchev–Trinajstić information content (AvgIpc) is 3.22. The van der Waals surface area contributed by atoms with Crippen LogP contribution in [-0.4, -0.2) is 72.9 Å². The monoisotopic (exact) mass is 541 g/mol. The zero-order valence-corrected chi connectivity index (χ0v) is 20.8. The molecule has 172 valence electrons. The van der Waals surface area contributed by atoms with Crippen LogP contribution >= 0.6 is 24.0 Å². The molecule has 0 spiro atoms. The summed E-state index contributed by atoms with van der Waals surface area (Å²) in [5, 5.41) is 3.52. The normalized spacial score (nSPS) is 20.6. The highest BCUT2D eigenvalue weighted by Crippen LogP contribution is 2.18. The number of para-hydroxylation sites is 2. The predicted octanol–water partition coefficient (Wildman–Crippen LogP) is 3.74. The first-order valence-corrected chi connectivity index (χ1v) is 11.4. The lowest BCUT2D eigenvalue weighted by molar-refractivity contribution is -0.0721. The molecule has 4 rings (SSSR count). The molecule has 2 saturated heterocycles. The van der Waals surface area contributed by atoms with E-state index in [2.05, 4.69) is 31.2 Å². The van der Waals surface area contributed by atoms with E-state index in [1.807, 2.05) is 25.2 Å². The van der Waals surface area contributed by atoms with Gasteiger partial charge in [-0.25, -0.2) is 4.98 Å². The molecule has 2 N–H and O–H groups in total. The number of ether oxygens (including phenoxy) is 2. The Kier molecular flexibility index (Phi) is 9.86. The van der Waals surface area contributed by atoms with Crippen LogP contribution in [0.1, 0.15) is 44.3 Å². The first-order valence-electron chi connectivity index (χ1n) is 11.4. The van der Waals surface area contributed by atoms with E-state index in [9.17, 15) is 0 Å². The summed E-state index contributed by atoms with van der Waals surface area (Å²) in [4.78, 5) is 14.9. The Bertz CT molecular complexity index is 780. The van der Waals surface area contributed by atoms with Gasteiger partial charge in [0, 0.05) is 39.7 Å². The van der Waals surface area contributed by atoms with E-state index < -0.39 is 0 Å². The minimum atomic E-state index is 0. The molecule has 1 unspecified atom stereocenters. The number of nitrogens with zero attached hydrogens (tertiary/aromatic N) is 3. The Morgan fingerprint density at radius 3 is 2.84 bits per heavy atom.